The van der Waals surface area contributed by atoms with Crippen LogP contribution in [0.2, 0.25) is 0 Å². The summed E-state index contributed by atoms with van der Waals surface area (Å²) in [6.45, 7) is 4.76. The largest absolute Gasteiger partial charge is 0.300 e. The molecule has 0 aromatic carbocycles. The van der Waals surface area contributed by atoms with Crippen LogP contribution in [0.15, 0.2) is 0 Å². The van der Waals surface area contributed by atoms with Crippen LogP contribution in [0.3, 0.4) is 0 Å². The van der Waals surface area contributed by atoms with Gasteiger partial charge >= 0.3 is 0 Å². The highest BCUT2D eigenvalue weighted by Gasteiger charge is 2.42. The van der Waals surface area contributed by atoms with Crippen molar-refractivity contribution < 1.29 is 0 Å². The summed E-state index contributed by atoms with van der Waals surface area (Å²) in [7, 11) is 2.34. The molecule has 76 valence electrons. The molecule has 2 saturated heterocycles. The van der Waals surface area contributed by atoms with E-state index in [9.17, 15) is 0 Å². The minimum absolute atomic E-state index is 0.922. The summed E-state index contributed by atoms with van der Waals surface area (Å²) in [6, 6.07) is 1.85. The molecule has 2 fully saturated rings. The van der Waals surface area contributed by atoms with Crippen LogP contribution in [0.5, 0.6) is 0 Å². The van der Waals surface area contributed by atoms with Crippen molar-refractivity contribution in [3.05, 3.63) is 0 Å². The van der Waals surface area contributed by atoms with Gasteiger partial charge in [0.1, 0.15) is 0 Å². The fraction of sp³-hybridized carbons (Fsp3) is 1.00. The molecule has 13 heavy (non-hydrogen) atoms. The molecule has 0 radical (unpaired) electrons. The number of nitrogens with zero attached hydrogens (tertiary/aromatic N) is 1. The molecule has 0 aromatic rings. The average molecular weight is 181 g/mol. The van der Waals surface area contributed by atoms with E-state index < -0.39 is 0 Å². The Balaban J connectivity index is 2.04. The van der Waals surface area contributed by atoms with Crippen molar-refractivity contribution in [2.45, 2.75) is 58.0 Å². The van der Waals surface area contributed by atoms with E-state index in [0.29, 0.717) is 0 Å². The first-order valence-electron chi connectivity index (χ1n) is 5.94. The number of rotatable bonds is 2. The van der Waals surface area contributed by atoms with Gasteiger partial charge in [-0.1, -0.05) is 20.3 Å². The van der Waals surface area contributed by atoms with Gasteiger partial charge in [0.05, 0.1) is 0 Å². The maximum Gasteiger partial charge on any atom is 0.0126 e. The molecule has 0 N–H and O–H groups in total. The molecule has 0 amide bonds. The molecular formula is C12H23N. The second-order valence-electron chi connectivity index (χ2n) is 5.25. The summed E-state index contributed by atoms with van der Waals surface area (Å²) < 4.78 is 0. The molecule has 2 aliphatic heterocycles. The van der Waals surface area contributed by atoms with E-state index in [1.165, 1.54) is 32.1 Å². The molecule has 2 aliphatic rings. The fourth-order valence-electron chi connectivity index (χ4n) is 3.55. The predicted molar refractivity (Wildman–Crippen MR) is 56.8 cm³/mol. The zero-order valence-corrected chi connectivity index (χ0v) is 9.29. The maximum absolute atomic E-state index is 2.67. The predicted octanol–water partition coefficient (Wildman–Crippen LogP) is 2.91. The Morgan fingerprint density at radius 1 is 1.23 bits per heavy atom. The molecule has 1 nitrogen and oxygen atoms in total. The number of hydrogen-bond donors (Lipinski definition) is 0. The summed E-state index contributed by atoms with van der Waals surface area (Å²) in [5, 5.41) is 0. The van der Waals surface area contributed by atoms with Crippen LogP contribution in [-0.2, 0) is 0 Å². The van der Waals surface area contributed by atoms with E-state index in [0.717, 1.165) is 23.9 Å². The van der Waals surface area contributed by atoms with E-state index in [4.69, 9.17) is 0 Å². The van der Waals surface area contributed by atoms with Gasteiger partial charge in [0.2, 0.25) is 0 Å². The molecule has 0 aliphatic carbocycles. The zero-order valence-electron chi connectivity index (χ0n) is 9.29. The lowest BCUT2D eigenvalue weighted by Crippen LogP contribution is -2.40. The van der Waals surface area contributed by atoms with Crippen molar-refractivity contribution in [3.63, 3.8) is 0 Å². The Hall–Kier alpha value is -0.0400. The molecule has 0 saturated carbocycles. The van der Waals surface area contributed by atoms with Crippen LogP contribution < -0.4 is 0 Å². The summed E-state index contributed by atoms with van der Waals surface area (Å²) >= 11 is 0. The minimum Gasteiger partial charge on any atom is -0.300 e. The monoisotopic (exact) mass is 181 g/mol. The second-order valence-corrected chi connectivity index (χ2v) is 5.25. The fourth-order valence-corrected chi connectivity index (χ4v) is 3.55. The zero-order chi connectivity index (χ0) is 9.42. The van der Waals surface area contributed by atoms with Crippen molar-refractivity contribution in [3.8, 4) is 0 Å². The van der Waals surface area contributed by atoms with Gasteiger partial charge in [-0.15, -0.1) is 0 Å². The smallest absolute Gasteiger partial charge is 0.0126 e. The lowest BCUT2D eigenvalue weighted by atomic mass is 9.89. The summed E-state index contributed by atoms with van der Waals surface area (Å²) in [6.07, 6.45) is 7.22. The lowest BCUT2D eigenvalue weighted by Gasteiger charge is -2.35. The van der Waals surface area contributed by atoms with Crippen molar-refractivity contribution in [1.29, 1.82) is 0 Å². The van der Waals surface area contributed by atoms with Crippen molar-refractivity contribution in [2.75, 3.05) is 7.05 Å². The summed E-state index contributed by atoms with van der Waals surface area (Å²) in [4.78, 5) is 2.67. The SMILES string of the molecule is CCCC1CC2CC(C)CC1N2C. The first-order valence-corrected chi connectivity index (χ1v) is 5.94. The van der Waals surface area contributed by atoms with Gasteiger partial charge in [0, 0.05) is 12.1 Å². The van der Waals surface area contributed by atoms with Gasteiger partial charge in [-0.05, 0) is 44.6 Å². The Kier molecular flexibility index (Phi) is 2.64. The van der Waals surface area contributed by atoms with E-state index in [1.807, 2.05) is 0 Å². The van der Waals surface area contributed by atoms with E-state index in [1.54, 1.807) is 0 Å². The van der Waals surface area contributed by atoms with Crippen LogP contribution >= 0.6 is 0 Å². The van der Waals surface area contributed by atoms with E-state index >= 15 is 0 Å². The molecule has 2 heterocycles. The van der Waals surface area contributed by atoms with Crippen molar-refractivity contribution >= 4 is 0 Å². The lowest BCUT2D eigenvalue weighted by molar-refractivity contribution is 0.128. The maximum atomic E-state index is 2.67. The molecule has 4 unspecified atom stereocenters. The molecule has 0 aromatic heterocycles. The molecule has 2 bridgehead atoms. The van der Waals surface area contributed by atoms with Crippen molar-refractivity contribution in [2.24, 2.45) is 11.8 Å². The third-order valence-electron chi connectivity index (χ3n) is 4.20. The summed E-state index contributed by atoms with van der Waals surface area (Å²) in [5.41, 5.74) is 0. The highest BCUT2D eigenvalue weighted by atomic mass is 15.2. The van der Waals surface area contributed by atoms with Crippen molar-refractivity contribution in [1.82, 2.24) is 4.90 Å². The van der Waals surface area contributed by atoms with Gasteiger partial charge < -0.3 is 4.90 Å². The molecule has 4 atom stereocenters. The van der Waals surface area contributed by atoms with Gasteiger partial charge in [0.15, 0.2) is 0 Å². The Morgan fingerprint density at radius 3 is 2.69 bits per heavy atom. The first-order chi connectivity index (χ1) is 6.22. The summed E-state index contributed by atoms with van der Waals surface area (Å²) in [5.74, 6) is 2.00. The Morgan fingerprint density at radius 2 is 2.00 bits per heavy atom. The number of piperidine rings is 1. The normalized spacial score (nSPS) is 45.5. The van der Waals surface area contributed by atoms with Gasteiger partial charge in [-0.2, -0.15) is 0 Å². The topological polar surface area (TPSA) is 3.24 Å². The molecule has 0 spiro atoms. The van der Waals surface area contributed by atoms with Gasteiger partial charge in [-0.3, -0.25) is 0 Å². The Labute approximate surface area is 82.5 Å². The van der Waals surface area contributed by atoms with Gasteiger partial charge in [-0.25, -0.2) is 0 Å². The highest BCUT2D eigenvalue weighted by molar-refractivity contribution is 4.97. The highest BCUT2D eigenvalue weighted by Crippen LogP contribution is 2.42. The van der Waals surface area contributed by atoms with Crippen LogP contribution in [0.4, 0.5) is 0 Å². The quantitative estimate of drug-likeness (QED) is 0.633. The second kappa shape index (κ2) is 3.61. The Bertz CT molecular complexity index is 178. The molecule has 2 rings (SSSR count). The number of hydrogen-bond acceptors (Lipinski definition) is 1. The van der Waals surface area contributed by atoms with Crippen LogP contribution in [0.25, 0.3) is 0 Å². The van der Waals surface area contributed by atoms with Crippen LogP contribution in [0.1, 0.15) is 46.0 Å². The van der Waals surface area contributed by atoms with Crippen LogP contribution in [0, 0.1) is 11.8 Å². The molecular weight excluding hydrogens is 158 g/mol. The van der Waals surface area contributed by atoms with Gasteiger partial charge in [0.25, 0.3) is 0 Å². The number of fused-ring (bicyclic) bond motifs is 2. The molecule has 1 heteroatoms. The third kappa shape index (κ3) is 1.63. The van der Waals surface area contributed by atoms with E-state index in [-0.39, 0.29) is 0 Å². The average Bonchev–Trinajstić information content (AvgIpc) is 2.31. The first kappa shape index (κ1) is 9.51. The standard InChI is InChI=1S/C12H23N/c1-4-5-10-8-11-6-9(2)7-12(10)13(11)3/h9-12H,4-8H2,1-3H3. The van der Waals surface area contributed by atoms with Crippen LogP contribution in [-0.4, -0.2) is 24.0 Å². The minimum atomic E-state index is 0.922. The van der Waals surface area contributed by atoms with E-state index in [2.05, 4.69) is 25.8 Å². The third-order valence-corrected chi connectivity index (χ3v) is 4.20.